The van der Waals surface area contributed by atoms with Gasteiger partial charge in [-0.3, -0.25) is 4.79 Å². The van der Waals surface area contributed by atoms with Crippen LogP contribution < -0.4 is 0 Å². The van der Waals surface area contributed by atoms with Gasteiger partial charge in [-0.25, -0.2) is 4.79 Å². The van der Waals surface area contributed by atoms with Crippen molar-refractivity contribution in [3.05, 3.63) is 12.2 Å². The average molecular weight is 452 g/mol. The van der Waals surface area contributed by atoms with Crippen LogP contribution in [0.5, 0.6) is 0 Å². The molecule has 0 radical (unpaired) electrons. The van der Waals surface area contributed by atoms with E-state index < -0.39 is 86.6 Å². The fraction of sp³-hybridized carbons (Fsp3) is 0.778. The van der Waals surface area contributed by atoms with Gasteiger partial charge in [-0.05, 0) is 6.92 Å². The van der Waals surface area contributed by atoms with Gasteiger partial charge in [0, 0.05) is 12.5 Å². The number of carbonyl (C=O) groups is 2. The summed E-state index contributed by atoms with van der Waals surface area (Å²) in [4.78, 5) is 23.5. The molecule has 2 aliphatic heterocycles. The molecule has 0 bridgehead atoms. The first-order valence-electron chi connectivity index (χ1n) is 9.42. The van der Waals surface area contributed by atoms with Crippen LogP contribution in [0.4, 0.5) is 0 Å². The molecular weight excluding hydrogens is 424 g/mol. The minimum atomic E-state index is -2.31. The minimum absolute atomic E-state index is 0.0488. The van der Waals surface area contributed by atoms with Gasteiger partial charge in [0.1, 0.15) is 37.1 Å². The van der Waals surface area contributed by atoms with E-state index in [-0.39, 0.29) is 5.57 Å². The Labute approximate surface area is 177 Å². The van der Waals surface area contributed by atoms with E-state index in [1.54, 1.807) is 0 Å². The zero-order chi connectivity index (χ0) is 23.5. The van der Waals surface area contributed by atoms with Gasteiger partial charge in [-0.1, -0.05) is 6.58 Å². The molecule has 0 aliphatic carbocycles. The number of esters is 2. The van der Waals surface area contributed by atoms with Crippen molar-refractivity contribution in [2.45, 2.75) is 68.7 Å². The van der Waals surface area contributed by atoms with Gasteiger partial charge in [0.15, 0.2) is 12.2 Å². The highest BCUT2D eigenvalue weighted by atomic mass is 16.8. The van der Waals surface area contributed by atoms with Gasteiger partial charge in [0.2, 0.25) is 12.1 Å². The van der Waals surface area contributed by atoms with Crippen molar-refractivity contribution in [3.63, 3.8) is 0 Å². The molecule has 0 aromatic heterocycles. The highest BCUT2D eigenvalue weighted by molar-refractivity contribution is 5.87. The number of ether oxygens (including phenoxy) is 5. The summed E-state index contributed by atoms with van der Waals surface area (Å²) in [6, 6.07) is 0. The predicted molar refractivity (Wildman–Crippen MR) is 96.9 cm³/mol. The Hall–Kier alpha value is -1.68. The molecule has 2 heterocycles. The highest BCUT2D eigenvalue weighted by Gasteiger charge is 2.61. The van der Waals surface area contributed by atoms with Crippen LogP contribution in [0.2, 0.25) is 0 Å². The highest BCUT2D eigenvalue weighted by Crippen LogP contribution is 2.38. The molecule has 13 nitrogen and oxygen atoms in total. The van der Waals surface area contributed by atoms with E-state index in [0.29, 0.717) is 0 Å². The largest absolute Gasteiger partial charge is 0.454 e. The van der Waals surface area contributed by atoms with Crippen molar-refractivity contribution in [1.29, 1.82) is 0 Å². The molecule has 9 atom stereocenters. The van der Waals surface area contributed by atoms with Crippen molar-refractivity contribution in [3.8, 4) is 0 Å². The number of rotatable bonds is 8. The van der Waals surface area contributed by atoms with Crippen LogP contribution in [-0.4, -0.2) is 117 Å². The molecule has 178 valence electrons. The lowest BCUT2D eigenvalue weighted by molar-refractivity contribution is -0.383. The third-order valence-electron chi connectivity index (χ3n) is 4.90. The molecular formula is C18H28O13. The van der Waals surface area contributed by atoms with Crippen molar-refractivity contribution >= 4 is 11.9 Å². The van der Waals surface area contributed by atoms with E-state index in [1.807, 2.05) is 0 Å². The Morgan fingerprint density at radius 3 is 2.06 bits per heavy atom. The summed E-state index contributed by atoms with van der Waals surface area (Å²) in [6.07, 6.45) is -12.9. The monoisotopic (exact) mass is 452 g/mol. The summed E-state index contributed by atoms with van der Waals surface area (Å²) in [5.74, 6) is -4.14. The van der Waals surface area contributed by atoms with E-state index in [2.05, 4.69) is 6.58 Å². The first-order valence-corrected chi connectivity index (χ1v) is 9.42. The molecule has 2 aliphatic rings. The average Bonchev–Trinajstić information content (AvgIpc) is 2.98. The molecule has 0 spiro atoms. The van der Waals surface area contributed by atoms with Gasteiger partial charge >= 0.3 is 11.9 Å². The molecule has 0 aromatic carbocycles. The van der Waals surface area contributed by atoms with Crippen LogP contribution in [-0.2, 0) is 33.3 Å². The second kappa shape index (κ2) is 10.3. The van der Waals surface area contributed by atoms with Crippen LogP contribution in [0.3, 0.4) is 0 Å². The Bertz CT molecular complexity index is 669. The maximum atomic E-state index is 12.0. The van der Waals surface area contributed by atoms with E-state index >= 15 is 0 Å². The van der Waals surface area contributed by atoms with E-state index in [4.69, 9.17) is 23.7 Å². The number of aliphatic hydroxyl groups is 6. The zero-order valence-corrected chi connectivity index (χ0v) is 17.0. The number of hydrogen-bond acceptors (Lipinski definition) is 13. The van der Waals surface area contributed by atoms with E-state index in [9.17, 15) is 40.2 Å². The molecule has 0 aromatic rings. The summed E-state index contributed by atoms with van der Waals surface area (Å²) in [7, 11) is 0. The van der Waals surface area contributed by atoms with Crippen LogP contribution in [0, 0.1) is 0 Å². The zero-order valence-electron chi connectivity index (χ0n) is 17.0. The number of aliphatic hydroxyl groups excluding tert-OH is 6. The Kier molecular flexibility index (Phi) is 8.49. The molecule has 31 heavy (non-hydrogen) atoms. The SMILES string of the molecule is C=C(C)C(=O)O[C@H]1[C@@H](O[C@]2(CO)O[C@H](CO)[C@@H](O)[C@@H]2OC(C)=O)O[C@H](CO)[C@@H](O)[C@@H]1O. The third kappa shape index (κ3) is 5.22. The molecule has 6 N–H and O–H groups in total. The minimum Gasteiger partial charge on any atom is -0.454 e. The smallest absolute Gasteiger partial charge is 0.333 e. The van der Waals surface area contributed by atoms with Gasteiger partial charge < -0.3 is 54.3 Å². The van der Waals surface area contributed by atoms with Gasteiger partial charge in [0.05, 0.1) is 13.2 Å². The topological polar surface area (TPSA) is 202 Å². The second-order valence-electron chi connectivity index (χ2n) is 7.30. The van der Waals surface area contributed by atoms with Crippen LogP contribution in [0.1, 0.15) is 13.8 Å². The third-order valence-corrected chi connectivity index (χ3v) is 4.90. The summed E-state index contributed by atoms with van der Waals surface area (Å²) >= 11 is 0. The normalized spacial score (nSPS) is 40.4. The van der Waals surface area contributed by atoms with Gasteiger partial charge in [-0.2, -0.15) is 0 Å². The van der Waals surface area contributed by atoms with Gasteiger partial charge in [-0.15, -0.1) is 0 Å². The lowest BCUT2D eigenvalue weighted by atomic mass is 9.98. The van der Waals surface area contributed by atoms with Crippen LogP contribution in [0.15, 0.2) is 12.2 Å². The predicted octanol–water partition coefficient (Wildman–Crippen LogP) is -3.70. The van der Waals surface area contributed by atoms with Crippen molar-refractivity contribution in [2.75, 3.05) is 19.8 Å². The quantitative estimate of drug-likeness (QED) is 0.155. The summed E-state index contributed by atoms with van der Waals surface area (Å²) in [5.41, 5.74) is -0.0488. The van der Waals surface area contributed by atoms with E-state index in [0.717, 1.165) is 6.92 Å². The van der Waals surface area contributed by atoms with Gasteiger partial charge in [0.25, 0.3) is 0 Å². The molecule has 0 saturated carbocycles. The second-order valence-corrected chi connectivity index (χ2v) is 7.30. The van der Waals surface area contributed by atoms with Crippen molar-refractivity contribution in [2.24, 2.45) is 0 Å². The Morgan fingerprint density at radius 2 is 1.58 bits per heavy atom. The fourth-order valence-corrected chi connectivity index (χ4v) is 3.29. The molecule has 2 fully saturated rings. The molecule has 2 saturated heterocycles. The lowest BCUT2D eigenvalue weighted by Crippen LogP contribution is -2.64. The summed E-state index contributed by atoms with van der Waals surface area (Å²) in [6.45, 7) is 3.24. The summed E-state index contributed by atoms with van der Waals surface area (Å²) in [5, 5.41) is 59.8. The van der Waals surface area contributed by atoms with Crippen LogP contribution >= 0.6 is 0 Å². The van der Waals surface area contributed by atoms with Crippen molar-refractivity contribution < 1.29 is 63.9 Å². The maximum Gasteiger partial charge on any atom is 0.333 e. The fourth-order valence-electron chi connectivity index (χ4n) is 3.29. The molecule has 13 heteroatoms. The maximum absolute atomic E-state index is 12.0. The standard InChI is InChI=1S/C18H28O13/c1-7(2)16(26)29-14-13(25)11(23)9(4-19)28-17(14)31-18(6-21)15(27-8(3)22)12(24)10(5-20)30-18/h9-15,17,19-21,23-25H,1,4-6H2,2-3H3/t9-,10-,11-,12-,13+,14-,15+,17-,18+/m1/s1. The van der Waals surface area contributed by atoms with E-state index in [1.165, 1.54) is 6.92 Å². The Balaban J connectivity index is 2.40. The molecule has 0 unspecified atom stereocenters. The number of hydrogen-bond donors (Lipinski definition) is 6. The number of carbonyl (C=O) groups excluding carboxylic acids is 2. The lowest BCUT2D eigenvalue weighted by Gasteiger charge is -2.44. The van der Waals surface area contributed by atoms with Crippen LogP contribution in [0.25, 0.3) is 0 Å². The first kappa shape index (κ1) is 25.6. The van der Waals surface area contributed by atoms with Crippen molar-refractivity contribution in [1.82, 2.24) is 0 Å². The first-order chi connectivity index (χ1) is 14.5. The Morgan fingerprint density at radius 1 is 0.968 bits per heavy atom. The molecule has 2 rings (SSSR count). The summed E-state index contributed by atoms with van der Waals surface area (Å²) < 4.78 is 26.5. The molecule has 0 amide bonds.